The molecule has 3 nitrogen and oxygen atoms in total. The summed E-state index contributed by atoms with van der Waals surface area (Å²) < 4.78 is 19.0. The van der Waals surface area contributed by atoms with Gasteiger partial charge in [-0.1, -0.05) is 12.1 Å². The second-order valence-electron chi connectivity index (χ2n) is 4.88. The normalized spacial score (nSPS) is 11.1. The molecular weight excluding hydrogens is 231 g/mol. The van der Waals surface area contributed by atoms with Gasteiger partial charge in [0.25, 0.3) is 0 Å². The van der Waals surface area contributed by atoms with E-state index in [0.29, 0.717) is 18.6 Å². The van der Waals surface area contributed by atoms with Crippen molar-refractivity contribution >= 4 is 0 Å². The lowest BCUT2D eigenvalue weighted by molar-refractivity contribution is 0.270. The van der Waals surface area contributed by atoms with E-state index in [4.69, 9.17) is 15.7 Å². The maximum Gasteiger partial charge on any atom is 0.165 e. The van der Waals surface area contributed by atoms with Crippen molar-refractivity contribution in [2.24, 2.45) is 11.1 Å². The molecule has 0 heterocycles. The summed E-state index contributed by atoms with van der Waals surface area (Å²) in [6.45, 7) is 4.39. The Labute approximate surface area is 107 Å². The zero-order chi connectivity index (χ0) is 13.6. The summed E-state index contributed by atoms with van der Waals surface area (Å²) in [5.74, 6) is -0.160. The quantitative estimate of drug-likeness (QED) is 0.789. The molecule has 0 bridgehead atoms. The van der Waals surface area contributed by atoms with Crippen molar-refractivity contribution in [1.82, 2.24) is 0 Å². The van der Waals surface area contributed by atoms with Gasteiger partial charge in [0.2, 0.25) is 0 Å². The number of para-hydroxylation sites is 1. The molecule has 0 amide bonds. The van der Waals surface area contributed by atoms with Crippen LogP contribution in [0.5, 0.6) is 5.75 Å². The molecule has 0 unspecified atom stereocenters. The van der Waals surface area contributed by atoms with Crippen LogP contribution in [-0.2, 0) is 6.54 Å². The van der Waals surface area contributed by atoms with E-state index in [2.05, 4.69) is 6.07 Å². The van der Waals surface area contributed by atoms with Crippen LogP contribution in [0.3, 0.4) is 0 Å². The summed E-state index contributed by atoms with van der Waals surface area (Å²) in [6.07, 6.45) is 1.43. The van der Waals surface area contributed by atoms with E-state index in [1.807, 2.05) is 13.8 Å². The van der Waals surface area contributed by atoms with Gasteiger partial charge in [0.05, 0.1) is 18.1 Å². The highest BCUT2D eigenvalue weighted by Crippen LogP contribution is 2.24. The number of nitrogens with zero attached hydrogens (tertiary/aromatic N) is 1. The molecule has 1 aromatic rings. The average Bonchev–Trinajstić information content (AvgIpc) is 2.36. The Balaban J connectivity index is 2.52. The Morgan fingerprint density at radius 1 is 1.44 bits per heavy atom. The van der Waals surface area contributed by atoms with Crippen LogP contribution in [0.15, 0.2) is 18.2 Å². The first kappa shape index (κ1) is 14.5. The predicted molar refractivity (Wildman–Crippen MR) is 68.4 cm³/mol. The van der Waals surface area contributed by atoms with Gasteiger partial charge in [-0.15, -0.1) is 0 Å². The van der Waals surface area contributed by atoms with E-state index in [-0.39, 0.29) is 17.7 Å². The van der Waals surface area contributed by atoms with E-state index in [1.54, 1.807) is 12.1 Å². The minimum absolute atomic E-state index is 0.231. The molecule has 0 aromatic heterocycles. The summed E-state index contributed by atoms with van der Waals surface area (Å²) in [7, 11) is 0. The van der Waals surface area contributed by atoms with Gasteiger partial charge in [-0.05, 0) is 32.8 Å². The fourth-order valence-corrected chi connectivity index (χ4v) is 1.62. The van der Waals surface area contributed by atoms with E-state index < -0.39 is 5.82 Å². The highest BCUT2D eigenvalue weighted by Gasteiger charge is 2.16. The van der Waals surface area contributed by atoms with Crippen molar-refractivity contribution in [2.75, 3.05) is 6.61 Å². The molecule has 0 aliphatic rings. The second kappa shape index (κ2) is 6.36. The Hall–Kier alpha value is -1.60. The number of nitriles is 1. The van der Waals surface area contributed by atoms with Crippen LogP contribution >= 0.6 is 0 Å². The van der Waals surface area contributed by atoms with Crippen LogP contribution in [0, 0.1) is 22.6 Å². The highest BCUT2D eigenvalue weighted by atomic mass is 19.1. The zero-order valence-corrected chi connectivity index (χ0v) is 10.9. The maximum atomic E-state index is 13.5. The molecule has 1 rings (SSSR count). The SMILES string of the molecule is CC(C)(C#N)CCCOc1c(F)cccc1CN. The third kappa shape index (κ3) is 4.01. The van der Waals surface area contributed by atoms with Crippen molar-refractivity contribution in [3.8, 4) is 11.8 Å². The van der Waals surface area contributed by atoms with Crippen molar-refractivity contribution in [2.45, 2.75) is 33.2 Å². The maximum absolute atomic E-state index is 13.5. The lowest BCUT2D eigenvalue weighted by Gasteiger charge is -2.16. The number of halogens is 1. The number of rotatable bonds is 6. The van der Waals surface area contributed by atoms with Crippen LogP contribution in [0.25, 0.3) is 0 Å². The number of nitrogens with two attached hydrogens (primary N) is 1. The first-order valence-corrected chi connectivity index (χ1v) is 6.01. The van der Waals surface area contributed by atoms with Gasteiger partial charge in [-0.2, -0.15) is 5.26 Å². The Kier molecular flexibility index (Phi) is 5.11. The van der Waals surface area contributed by atoms with Gasteiger partial charge >= 0.3 is 0 Å². The number of benzene rings is 1. The summed E-state index contributed by atoms with van der Waals surface area (Å²) in [5.41, 5.74) is 5.82. The number of ether oxygens (including phenoxy) is 1. The summed E-state index contributed by atoms with van der Waals surface area (Å²) in [6, 6.07) is 6.94. The van der Waals surface area contributed by atoms with Gasteiger partial charge in [0.15, 0.2) is 11.6 Å². The molecule has 18 heavy (non-hydrogen) atoms. The average molecular weight is 250 g/mol. The monoisotopic (exact) mass is 250 g/mol. The van der Waals surface area contributed by atoms with Gasteiger partial charge < -0.3 is 10.5 Å². The van der Waals surface area contributed by atoms with E-state index in [0.717, 1.165) is 6.42 Å². The molecule has 0 fully saturated rings. The molecular formula is C14H19FN2O. The minimum atomic E-state index is -0.391. The minimum Gasteiger partial charge on any atom is -0.490 e. The second-order valence-corrected chi connectivity index (χ2v) is 4.88. The van der Waals surface area contributed by atoms with Crippen molar-refractivity contribution in [3.63, 3.8) is 0 Å². The third-order valence-electron chi connectivity index (χ3n) is 2.76. The fraction of sp³-hybridized carbons (Fsp3) is 0.500. The Morgan fingerprint density at radius 3 is 2.78 bits per heavy atom. The largest absolute Gasteiger partial charge is 0.490 e. The standard InChI is InChI=1S/C14H19FN2O/c1-14(2,10-17)7-4-8-18-13-11(9-16)5-3-6-12(13)15/h3,5-6H,4,7-9,16H2,1-2H3. The van der Waals surface area contributed by atoms with Crippen LogP contribution in [-0.4, -0.2) is 6.61 Å². The topological polar surface area (TPSA) is 59.0 Å². The van der Waals surface area contributed by atoms with Gasteiger partial charge in [-0.25, -0.2) is 4.39 Å². The molecule has 1 aromatic carbocycles. The summed E-state index contributed by atoms with van der Waals surface area (Å²) in [5, 5.41) is 8.87. The molecule has 0 saturated carbocycles. The molecule has 0 aliphatic carbocycles. The molecule has 2 N–H and O–H groups in total. The van der Waals surface area contributed by atoms with Crippen molar-refractivity contribution in [3.05, 3.63) is 29.6 Å². The summed E-state index contributed by atoms with van der Waals surface area (Å²) in [4.78, 5) is 0. The number of hydrogen-bond acceptors (Lipinski definition) is 3. The molecule has 0 spiro atoms. The molecule has 0 aliphatic heterocycles. The Bertz CT molecular complexity index is 438. The molecule has 0 atom stereocenters. The lowest BCUT2D eigenvalue weighted by Crippen LogP contribution is -2.11. The van der Waals surface area contributed by atoms with E-state index in [9.17, 15) is 4.39 Å². The first-order valence-electron chi connectivity index (χ1n) is 6.01. The fourth-order valence-electron chi connectivity index (χ4n) is 1.62. The lowest BCUT2D eigenvalue weighted by atomic mass is 9.90. The third-order valence-corrected chi connectivity index (χ3v) is 2.76. The Morgan fingerprint density at radius 2 is 2.17 bits per heavy atom. The van der Waals surface area contributed by atoms with Crippen LogP contribution in [0.4, 0.5) is 4.39 Å². The van der Waals surface area contributed by atoms with Crippen molar-refractivity contribution < 1.29 is 9.13 Å². The summed E-state index contributed by atoms with van der Waals surface area (Å²) >= 11 is 0. The zero-order valence-electron chi connectivity index (χ0n) is 10.9. The first-order chi connectivity index (χ1) is 8.50. The molecule has 0 saturated heterocycles. The van der Waals surface area contributed by atoms with E-state index in [1.165, 1.54) is 6.07 Å². The van der Waals surface area contributed by atoms with Gasteiger partial charge in [-0.3, -0.25) is 0 Å². The highest BCUT2D eigenvalue weighted by molar-refractivity contribution is 5.34. The van der Waals surface area contributed by atoms with Crippen LogP contribution in [0.1, 0.15) is 32.3 Å². The van der Waals surface area contributed by atoms with Gasteiger partial charge in [0, 0.05) is 12.1 Å². The predicted octanol–water partition coefficient (Wildman–Crippen LogP) is 2.99. The van der Waals surface area contributed by atoms with Crippen molar-refractivity contribution in [1.29, 1.82) is 5.26 Å². The van der Waals surface area contributed by atoms with Crippen LogP contribution < -0.4 is 10.5 Å². The molecule has 4 heteroatoms. The van der Waals surface area contributed by atoms with Crippen LogP contribution in [0.2, 0.25) is 0 Å². The van der Waals surface area contributed by atoms with Gasteiger partial charge in [0.1, 0.15) is 0 Å². The molecule has 98 valence electrons. The van der Waals surface area contributed by atoms with E-state index >= 15 is 0 Å². The number of hydrogen-bond donors (Lipinski definition) is 1. The smallest absolute Gasteiger partial charge is 0.165 e. The molecule has 0 radical (unpaired) electrons.